The Kier molecular flexibility index (Phi) is 6.60. The lowest BCUT2D eigenvalue weighted by atomic mass is 10.2. The van der Waals surface area contributed by atoms with Gasteiger partial charge in [-0.25, -0.2) is 13.4 Å². The predicted octanol–water partition coefficient (Wildman–Crippen LogP) is 2.46. The molecule has 0 spiro atoms. The molecular weight excluding hydrogens is 420 g/mol. The monoisotopic (exact) mass is 438 g/mol. The average molecular weight is 439 g/mol. The van der Waals surface area contributed by atoms with Crippen LogP contribution in [0.25, 0.3) is 10.2 Å². The molecule has 0 unspecified atom stereocenters. The van der Waals surface area contributed by atoms with E-state index in [1.807, 2.05) is 30.3 Å². The van der Waals surface area contributed by atoms with Gasteiger partial charge >= 0.3 is 0 Å². The van der Waals surface area contributed by atoms with Crippen LogP contribution in [0.2, 0.25) is 0 Å². The average Bonchev–Trinajstić information content (AvgIpc) is 3.10. The van der Waals surface area contributed by atoms with Gasteiger partial charge in [0.1, 0.15) is 11.3 Å². The van der Waals surface area contributed by atoms with Crippen LogP contribution in [-0.4, -0.2) is 31.6 Å². The summed E-state index contributed by atoms with van der Waals surface area (Å²) in [6.45, 7) is 3.56. The zero-order valence-electron chi connectivity index (χ0n) is 15.8. The van der Waals surface area contributed by atoms with Crippen molar-refractivity contribution in [2.75, 3.05) is 24.1 Å². The first-order chi connectivity index (χ1) is 14.4. The van der Waals surface area contributed by atoms with E-state index in [1.54, 1.807) is 6.07 Å². The van der Waals surface area contributed by atoms with E-state index in [0.29, 0.717) is 22.8 Å². The fraction of sp³-hybridized carbons (Fsp3) is 0.0952. The summed E-state index contributed by atoms with van der Waals surface area (Å²) in [6, 6.07) is 10.8. The second kappa shape index (κ2) is 9.33. The molecule has 3 rings (SSSR count). The molecule has 0 amide bonds. The summed E-state index contributed by atoms with van der Waals surface area (Å²) < 4.78 is 25.7. The summed E-state index contributed by atoms with van der Waals surface area (Å²) >= 11 is 1.29. The summed E-state index contributed by atoms with van der Waals surface area (Å²) in [5.74, 6) is 11.7. The maximum Gasteiger partial charge on any atom is 0.233 e. The number of hydrogen-bond donors (Lipinski definition) is 4. The lowest BCUT2D eigenvalue weighted by molar-refractivity contribution is 0.480. The van der Waals surface area contributed by atoms with Gasteiger partial charge in [0.25, 0.3) is 0 Å². The van der Waals surface area contributed by atoms with E-state index < -0.39 is 10.0 Å². The van der Waals surface area contributed by atoms with Crippen molar-refractivity contribution in [3.8, 4) is 29.4 Å². The number of rotatable bonds is 5. The highest BCUT2D eigenvalue weighted by Gasteiger charge is 2.07. The molecule has 2 aromatic carbocycles. The van der Waals surface area contributed by atoms with Crippen molar-refractivity contribution in [3.05, 3.63) is 59.5 Å². The lowest BCUT2D eigenvalue weighted by Crippen LogP contribution is -2.21. The van der Waals surface area contributed by atoms with E-state index in [2.05, 4.69) is 45.3 Å². The summed E-state index contributed by atoms with van der Waals surface area (Å²) in [6.07, 6.45) is 0. The molecule has 9 heteroatoms. The Hall–Kier alpha value is -3.50. The van der Waals surface area contributed by atoms with Crippen LogP contribution in [0.15, 0.2) is 48.4 Å². The number of phenolic OH excluding ortho intramolecular Hbond substituents is 1. The molecule has 1 heterocycles. The number of thiazole rings is 1. The van der Waals surface area contributed by atoms with Gasteiger partial charge in [-0.2, -0.15) is 4.72 Å². The number of nitrogens with two attached hydrogens (primary N) is 1. The van der Waals surface area contributed by atoms with Crippen molar-refractivity contribution in [1.29, 1.82) is 0 Å². The van der Waals surface area contributed by atoms with Crippen LogP contribution in [0.1, 0.15) is 11.1 Å². The van der Waals surface area contributed by atoms with Gasteiger partial charge in [0.05, 0.1) is 23.5 Å². The van der Waals surface area contributed by atoms with Crippen LogP contribution in [0.5, 0.6) is 5.75 Å². The van der Waals surface area contributed by atoms with Crippen LogP contribution < -0.4 is 15.8 Å². The van der Waals surface area contributed by atoms with Crippen molar-refractivity contribution in [2.45, 2.75) is 0 Å². The Bertz CT molecular complexity index is 1320. The van der Waals surface area contributed by atoms with E-state index in [0.717, 1.165) is 21.4 Å². The summed E-state index contributed by atoms with van der Waals surface area (Å²) in [7, 11) is -3.49. The Morgan fingerprint density at radius 2 is 1.97 bits per heavy atom. The highest BCUT2D eigenvalue weighted by Crippen LogP contribution is 2.31. The largest absolute Gasteiger partial charge is 0.506 e. The van der Waals surface area contributed by atoms with Crippen LogP contribution in [0.3, 0.4) is 0 Å². The van der Waals surface area contributed by atoms with Crippen molar-refractivity contribution >= 4 is 42.4 Å². The van der Waals surface area contributed by atoms with Gasteiger partial charge in [-0.3, -0.25) is 0 Å². The van der Waals surface area contributed by atoms with Gasteiger partial charge in [0.2, 0.25) is 10.0 Å². The third-order valence-corrected chi connectivity index (χ3v) is 5.64. The second-order valence-electron chi connectivity index (χ2n) is 5.93. The topological polar surface area (TPSA) is 117 Å². The van der Waals surface area contributed by atoms with Gasteiger partial charge in [-0.05, 0) is 24.3 Å². The highest BCUT2D eigenvalue weighted by molar-refractivity contribution is 7.92. The molecule has 152 valence electrons. The smallest absolute Gasteiger partial charge is 0.233 e. The number of hydrogen-bond acceptors (Lipinski definition) is 7. The molecule has 0 aliphatic heterocycles. The zero-order valence-corrected chi connectivity index (χ0v) is 17.4. The number of benzene rings is 2. The number of fused-ring (bicyclic) bond motifs is 1. The van der Waals surface area contributed by atoms with E-state index in [4.69, 9.17) is 5.73 Å². The minimum Gasteiger partial charge on any atom is -0.506 e. The zero-order chi connectivity index (χ0) is 21.6. The van der Waals surface area contributed by atoms with Crippen molar-refractivity contribution in [3.63, 3.8) is 0 Å². The van der Waals surface area contributed by atoms with Crippen LogP contribution in [-0.2, 0) is 10.0 Å². The number of aromatic hydroxyl groups is 1. The molecule has 0 aliphatic carbocycles. The summed E-state index contributed by atoms with van der Waals surface area (Å²) in [5, 5.41) is 14.5. The summed E-state index contributed by atoms with van der Waals surface area (Å²) in [5.41, 5.74) is 8.31. The fourth-order valence-corrected chi connectivity index (χ4v) is 3.65. The molecule has 30 heavy (non-hydrogen) atoms. The van der Waals surface area contributed by atoms with Gasteiger partial charge in [0.15, 0.2) is 5.13 Å². The molecule has 0 aliphatic rings. The normalized spacial score (nSPS) is 10.5. The highest BCUT2D eigenvalue weighted by atomic mass is 32.2. The van der Waals surface area contributed by atoms with E-state index >= 15 is 0 Å². The number of para-hydroxylation sites is 1. The van der Waals surface area contributed by atoms with E-state index in [1.165, 1.54) is 11.3 Å². The first-order valence-corrected chi connectivity index (χ1v) is 11.1. The number of sulfonamides is 1. The molecule has 0 saturated carbocycles. The summed E-state index contributed by atoms with van der Waals surface area (Å²) in [4.78, 5) is 4.08. The Balaban J connectivity index is 1.66. The van der Waals surface area contributed by atoms with Crippen LogP contribution in [0.4, 0.5) is 10.8 Å². The van der Waals surface area contributed by atoms with Crippen LogP contribution in [0, 0.1) is 23.7 Å². The number of phenols is 1. The molecule has 5 N–H and O–H groups in total. The van der Waals surface area contributed by atoms with Crippen molar-refractivity contribution in [1.82, 2.24) is 9.71 Å². The SMILES string of the molecule is C=CS(=O)(=O)NCC#Cc1ccccc1NCC#Cc1cc(O)c2nc(N)sc2c1. The Morgan fingerprint density at radius 3 is 2.77 bits per heavy atom. The van der Waals surface area contributed by atoms with Crippen LogP contribution >= 0.6 is 11.3 Å². The molecule has 0 radical (unpaired) electrons. The number of nitrogens with one attached hydrogen (secondary N) is 2. The first-order valence-electron chi connectivity index (χ1n) is 8.70. The molecule has 0 fully saturated rings. The predicted molar refractivity (Wildman–Crippen MR) is 122 cm³/mol. The molecular formula is C21H18N4O3S2. The van der Waals surface area contributed by atoms with Gasteiger partial charge in [-0.1, -0.05) is 53.7 Å². The molecule has 7 nitrogen and oxygen atoms in total. The molecule has 3 aromatic rings. The first kappa shape index (κ1) is 21.2. The standard InChI is InChI=1S/C21H18N4O3S2/c1-2-30(27,28)24-12-6-9-16-8-3-4-10-17(16)23-11-5-7-15-13-18(26)20-19(14-15)29-21(22)25-20/h2-4,8,10,13-14,23-24,26H,1,11-12H2,(H2,22,25). The van der Waals surface area contributed by atoms with Gasteiger partial charge in [0, 0.05) is 16.5 Å². The van der Waals surface area contributed by atoms with Gasteiger partial charge < -0.3 is 16.2 Å². The quantitative estimate of drug-likeness (QED) is 0.455. The number of nitrogens with zero attached hydrogens (tertiary/aromatic N) is 1. The molecule has 1 aromatic heterocycles. The minimum absolute atomic E-state index is 0.0173. The van der Waals surface area contributed by atoms with Crippen molar-refractivity contribution < 1.29 is 13.5 Å². The van der Waals surface area contributed by atoms with Gasteiger partial charge in [-0.15, -0.1) is 0 Å². The molecule has 0 saturated heterocycles. The number of aromatic nitrogens is 1. The number of nitrogen functional groups attached to an aromatic ring is 1. The Labute approximate surface area is 178 Å². The molecule has 0 bridgehead atoms. The van der Waals surface area contributed by atoms with E-state index in [9.17, 15) is 13.5 Å². The second-order valence-corrected chi connectivity index (χ2v) is 8.70. The van der Waals surface area contributed by atoms with Crippen molar-refractivity contribution in [2.24, 2.45) is 0 Å². The van der Waals surface area contributed by atoms with E-state index in [-0.39, 0.29) is 12.3 Å². The maximum atomic E-state index is 11.3. The maximum absolute atomic E-state index is 11.3. The Morgan fingerprint density at radius 1 is 1.20 bits per heavy atom. The molecule has 0 atom stereocenters. The third-order valence-electron chi connectivity index (χ3n) is 3.82. The third kappa shape index (κ3) is 5.52. The minimum atomic E-state index is -3.49. The fourth-order valence-electron chi connectivity index (χ4n) is 2.47. The number of anilines is 2. The lowest BCUT2D eigenvalue weighted by Gasteiger charge is -2.04.